The average molecular weight is 355 g/mol. The summed E-state index contributed by atoms with van der Waals surface area (Å²) >= 11 is 3.38. The normalized spacial score (nSPS) is 17.8. The second-order valence-corrected chi connectivity index (χ2v) is 6.27. The number of rotatable bonds is 4. The maximum absolute atomic E-state index is 12.5. The molecule has 114 valence electrons. The number of carbonyl (C=O) groups excluding carboxylic acids is 1. The fraction of sp³-hybridized carbons (Fsp3) is 0.467. The fourth-order valence-corrected chi connectivity index (χ4v) is 2.92. The number of amides is 2. The van der Waals surface area contributed by atoms with E-state index in [1.807, 2.05) is 24.3 Å². The molecule has 0 aliphatic carbocycles. The largest absolute Gasteiger partial charge is 0.481 e. The number of benzene rings is 1. The summed E-state index contributed by atoms with van der Waals surface area (Å²) in [5, 5.41) is 8.92. The zero-order chi connectivity index (χ0) is 15.4. The second kappa shape index (κ2) is 6.93. The van der Waals surface area contributed by atoms with E-state index in [0.717, 1.165) is 22.9 Å². The summed E-state index contributed by atoms with van der Waals surface area (Å²) in [5.74, 6) is -0.852. The number of carbonyl (C=O) groups is 2. The number of carboxylic acid groups (broad SMARTS) is 1. The van der Waals surface area contributed by atoms with Crippen molar-refractivity contribution in [3.63, 3.8) is 0 Å². The molecule has 0 radical (unpaired) electrons. The maximum atomic E-state index is 12.5. The molecule has 1 N–H and O–H groups in total. The summed E-state index contributed by atoms with van der Waals surface area (Å²) < 4.78 is 1.00. The van der Waals surface area contributed by atoms with Crippen LogP contribution in [0.1, 0.15) is 24.8 Å². The number of aliphatic carboxylic acids is 1. The van der Waals surface area contributed by atoms with E-state index in [-0.39, 0.29) is 18.5 Å². The molecule has 0 aromatic heterocycles. The summed E-state index contributed by atoms with van der Waals surface area (Å²) in [6.45, 7) is 1.16. The topological polar surface area (TPSA) is 60.9 Å². The summed E-state index contributed by atoms with van der Waals surface area (Å²) in [5.41, 5.74) is 1.04. The molecule has 1 saturated heterocycles. The average Bonchev–Trinajstić information content (AvgIpc) is 2.87. The molecular formula is C15H19BrN2O3. The van der Waals surface area contributed by atoms with E-state index >= 15 is 0 Å². The molecule has 0 bridgehead atoms. The molecule has 6 heteroatoms. The molecule has 1 aromatic rings. The SMILES string of the molecule is CN(Cc1ccc(Br)cc1)C(=O)N1CCCC1CC(=O)O. The molecule has 1 atom stereocenters. The van der Waals surface area contributed by atoms with Gasteiger partial charge in [-0.3, -0.25) is 4.79 Å². The molecule has 0 saturated carbocycles. The van der Waals surface area contributed by atoms with Gasteiger partial charge in [-0.2, -0.15) is 0 Å². The molecule has 2 rings (SSSR count). The first kappa shape index (κ1) is 15.8. The summed E-state index contributed by atoms with van der Waals surface area (Å²) in [6, 6.07) is 7.54. The Hall–Kier alpha value is -1.56. The monoisotopic (exact) mass is 354 g/mol. The number of carboxylic acids is 1. The van der Waals surface area contributed by atoms with Crippen LogP contribution in [0.25, 0.3) is 0 Å². The first-order valence-electron chi connectivity index (χ1n) is 6.95. The van der Waals surface area contributed by atoms with Crippen molar-refractivity contribution in [3.8, 4) is 0 Å². The fourth-order valence-electron chi connectivity index (χ4n) is 2.65. The van der Waals surface area contributed by atoms with Crippen molar-refractivity contribution in [3.05, 3.63) is 34.3 Å². The third-order valence-corrected chi connectivity index (χ3v) is 4.22. The highest BCUT2D eigenvalue weighted by atomic mass is 79.9. The minimum atomic E-state index is -0.852. The van der Waals surface area contributed by atoms with Gasteiger partial charge in [0.05, 0.1) is 6.42 Å². The lowest BCUT2D eigenvalue weighted by molar-refractivity contribution is -0.138. The van der Waals surface area contributed by atoms with E-state index in [9.17, 15) is 9.59 Å². The Morgan fingerprint density at radius 1 is 1.38 bits per heavy atom. The minimum absolute atomic E-state index is 0.0257. The molecular weight excluding hydrogens is 336 g/mol. The second-order valence-electron chi connectivity index (χ2n) is 5.35. The van der Waals surface area contributed by atoms with E-state index in [1.54, 1.807) is 16.8 Å². The van der Waals surface area contributed by atoms with Gasteiger partial charge in [0, 0.05) is 30.7 Å². The van der Waals surface area contributed by atoms with Crippen molar-refractivity contribution in [2.75, 3.05) is 13.6 Å². The van der Waals surface area contributed by atoms with Crippen molar-refractivity contribution >= 4 is 27.9 Å². The summed E-state index contributed by atoms with van der Waals surface area (Å²) in [4.78, 5) is 26.6. The van der Waals surface area contributed by atoms with Crippen LogP contribution in [-0.4, -0.2) is 46.5 Å². The van der Waals surface area contributed by atoms with Crippen LogP contribution in [0.15, 0.2) is 28.7 Å². The third kappa shape index (κ3) is 4.20. The third-order valence-electron chi connectivity index (χ3n) is 3.69. The first-order chi connectivity index (χ1) is 9.97. The molecule has 1 unspecified atom stereocenters. The molecule has 1 fully saturated rings. The Morgan fingerprint density at radius 2 is 2.05 bits per heavy atom. The van der Waals surface area contributed by atoms with Gasteiger partial charge in [0.15, 0.2) is 0 Å². The Kier molecular flexibility index (Phi) is 5.22. The number of likely N-dealkylation sites (tertiary alicyclic amines) is 1. The minimum Gasteiger partial charge on any atom is -0.481 e. The number of hydrogen-bond donors (Lipinski definition) is 1. The van der Waals surface area contributed by atoms with Crippen LogP contribution >= 0.6 is 15.9 Å². The smallest absolute Gasteiger partial charge is 0.320 e. The van der Waals surface area contributed by atoms with Crippen LogP contribution in [-0.2, 0) is 11.3 Å². The number of nitrogens with zero attached hydrogens (tertiary/aromatic N) is 2. The molecule has 1 aromatic carbocycles. The number of hydrogen-bond acceptors (Lipinski definition) is 2. The molecule has 1 aliphatic rings. The lowest BCUT2D eigenvalue weighted by Crippen LogP contribution is -2.44. The van der Waals surface area contributed by atoms with Crippen LogP contribution in [0.2, 0.25) is 0 Å². The van der Waals surface area contributed by atoms with Crippen LogP contribution in [0.5, 0.6) is 0 Å². The molecule has 2 amide bonds. The lowest BCUT2D eigenvalue weighted by atomic mass is 10.1. The highest BCUT2D eigenvalue weighted by Gasteiger charge is 2.31. The Bertz CT molecular complexity index is 518. The van der Waals surface area contributed by atoms with E-state index in [4.69, 9.17) is 5.11 Å². The standard InChI is InChI=1S/C15H19BrN2O3/c1-17(10-11-4-6-12(16)7-5-11)15(21)18-8-2-3-13(18)9-14(19)20/h4-7,13H,2-3,8-10H2,1H3,(H,19,20). The predicted molar refractivity (Wildman–Crippen MR) is 83.0 cm³/mol. The molecule has 0 spiro atoms. The number of halogens is 1. The van der Waals surface area contributed by atoms with Gasteiger partial charge in [0.25, 0.3) is 0 Å². The van der Waals surface area contributed by atoms with Gasteiger partial charge in [-0.1, -0.05) is 28.1 Å². The Balaban J connectivity index is 1.98. The van der Waals surface area contributed by atoms with E-state index in [2.05, 4.69) is 15.9 Å². The number of urea groups is 1. The summed E-state index contributed by atoms with van der Waals surface area (Å²) in [7, 11) is 1.75. The zero-order valence-corrected chi connectivity index (χ0v) is 13.5. The van der Waals surface area contributed by atoms with E-state index in [1.165, 1.54) is 0 Å². The van der Waals surface area contributed by atoms with Crippen LogP contribution in [0, 0.1) is 0 Å². The Labute approximate surface area is 132 Å². The molecule has 21 heavy (non-hydrogen) atoms. The van der Waals surface area contributed by atoms with Crippen molar-refractivity contribution in [1.29, 1.82) is 0 Å². The van der Waals surface area contributed by atoms with Gasteiger partial charge < -0.3 is 14.9 Å². The van der Waals surface area contributed by atoms with Gasteiger partial charge in [-0.05, 0) is 30.5 Å². The first-order valence-corrected chi connectivity index (χ1v) is 7.74. The van der Waals surface area contributed by atoms with E-state index in [0.29, 0.717) is 13.1 Å². The van der Waals surface area contributed by atoms with Crippen molar-refractivity contribution < 1.29 is 14.7 Å². The molecule has 5 nitrogen and oxygen atoms in total. The predicted octanol–water partition coefficient (Wildman–Crippen LogP) is 2.94. The zero-order valence-electron chi connectivity index (χ0n) is 12.0. The van der Waals surface area contributed by atoms with Gasteiger partial charge in [0.2, 0.25) is 0 Å². The summed E-state index contributed by atoms with van der Waals surface area (Å²) in [6.07, 6.45) is 1.66. The van der Waals surface area contributed by atoms with Gasteiger partial charge in [0.1, 0.15) is 0 Å². The molecule has 1 aliphatic heterocycles. The Morgan fingerprint density at radius 3 is 2.67 bits per heavy atom. The molecule has 1 heterocycles. The van der Waals surface area contributed by atoms with Crippen molar-refractivity contribution in [2.45, 2.75) is 31.8 Å². The lowest BCUT2D eigenvalue weighted by Gasteiger charge is -2.29. The van der Waals surface area contributed by atoms with Crippen LogP contribution in [0.3, 0.4) is 0 Å². The van der Waals surface area contributed by atoms with Crippen LogP contribution in [0.4, 0.5) is 4.79 Å². The van der Waals surface area contributed by atoms with Crippen molar-refractivity contribution in [1.82, 2.24) is 9.80 Å². The maximum Gasteiger partial charge on any atom is 0.320 e. The van der Waals surface area contributed by atoms with Gasteiger partial charge in [-0.15, -0.1) is 0 Å². The van der Waals surface area contributed by atoms with Gasteiger partial charge >= 0.3 is 12.0 Å². The quantitative estimate of drug-likeness (QED) is 0.903. The van der Waals surface area contributed by atoms with Crippen molar-refractivity contribution in [2.24, 2.45) is 0 Å². The van der Waals surface area contributed by atoms with Crippen LogP contribution < -0.4 is 0 Å². The van der Waals surface area contributed by atoms with E-state index < -0.39 is 5.97 Å². The highest BCUT2D eigenvalue weighted by Crippen LogP contribution is 2.22. The highest BCUT2D eigenvalue weighted by molar-refractivity contribution is 9.10. The van der Waals surface area contributed by atoms with Gasteiger partial charge in [-0.25, -0.2) is 4.79 Å².